The molecule has 0 radical (unpaired) electrons. The van der Waals surface area contributed by atoms with Crippen molar-refractivity contribution in [3.8, 4) is 0 Å². The van der Waals surface area contributed by atoms with Crippen LogP contribution < -0.4 is 10.6 Å². The summed E-state index contributed by atoms with van der Waals surface area (Å²) in [6, 6.07) is 7.92. The second kappa shape index (κ2) is 7.01. The minimum Gasteiger partial charge on any atom is -0.326 e. The number of carbonyl (C=O) groups is 1. The molecule has 0 saturated carbocycles. The molecule has 0 saturated heterocycles. The lowest BCUT2D eigenvalue weighted by atomic mass is 10.2. The van der Waals surface area contributed by atoms with Crippen molar-refractivity contribution < 1.29 is 4.79 Å². The Kier molecular flexibility index (Phi) is 5.57. The van der Waals surface area contributed by atoms with E-state index in [1.54, 1.807) is 0 Å². The van der Waals surface area contributed by atoms with Crippen molar-refractivity contribution in [1.82, 2.24) is 5.32 Å². The number of anilines is 1. The van der Waals surface area contributed by atoms with Gasteiger partial charge in [0, 0.05) is 19.2 Å². The Morgan fingerprint density at radius 2 is 1.94 bits per heavy atom. The van der Waals surface area contributed by atoms with Gasteiger partial charge in [-0.2, -0.15) is 0 Å². The molecule has 1 aromatic carbocycles. The van der Waals surface area contributed by atoms with Crippen LogP contribution >= 0.6 is 0 Å². The number of nitrogens with one attached hydrogen (secondary N) is 2. The number of carbonyl (C=O) groups excluding carboxylic acids is 1. The largest absolute Gasteiger partial charge is 0.326 e. The Balaban J connectivity index is 2.36. The van der Waals surface area contributed by atoms with Crippen molar-refractivity contribution in [3.05, 3.63) is 29.8 Å². The number of unbranched alkanes of at least 4 members (excludes halogenated alkanes) is 1. The molecule has 1 rings (SSSR count). The van der Waals surface area contributed by atoms with Gasteiger partial charge in [0.05, 0.1) is 0 Å². The highest BCUT2D eigenvalue weighted by Gasteiger charge is 1.96. The van der Waals surface area contributed by atoms with Crippen LogP contribution in [0.5, 0.6) is 0 Å². The van der Waals surface area contributed by atoms with E-state index in [2.05, 4.69) is 17.6 Å². The van der Waals surface area contributed by atoms with Crippen LogP contribution in [0.3, 0.4) is 0 Å². The van der Waals surface area contributed by atoms with Gasteiger partial charge in [0.2, 0.25) is 5.91 Å². The first-order chi connectivity index (χ1) is 7.72. The third kappa shape index (κ3) is 4.94. The van der Waals surface area contributed by atoms with E-state index < -0.39 is 0 Å². The number of hydrogen-bond acceptors (Lipinski definition) is 2. The molecule has 1 amide bonds. The van der Waals surface area contributed by atoms with Crippen molar-refractivity contribution in [2.75, 3.05) is 11.9 Å². The fraction of sp³-hybridized carbons (Fsp3) is 0.462. The van der Waals surface area contributed by atoms with Gasteiger partial charge in [-0.25, -0.2) is 0 Å². The van der Waals surface area contributed by atoms with Crippen LogP contribution in [0.15, 0.2) is 24.3 Å². The SMILES string of the molecule is CCCCNCc1ccc(NC(C)=O)cc1. The van der Waals surface area contributed by atoms with Gasteiger partial charge in [0.25, 0.3) is 0 Å². The standard InChI is InChI=1S/C13H20N2O/c1-3-4-9-14-10-12-5-7-13(8-6-12)15-11(2)16/h5-8,14H,3-4,9-10H2,1-2H3,(H,15,16). The smallest absolute Gasteiger partial charge is 0.221 e. The first kappa shape index (κ1) is 12.7. The Labute approximate surface area is 97.2 Å². The summed E-state index contributed by atoms with van der Waals surface area (Å²) in [7, 11) is 0. The third-order valence-corrected chi connectivity index (χ3v) is 2.31. The first-order valence-electron chi connectivity index (χ1n) is 5.79. The molecule has 2 N–H and O–H groups in total. The van der Waals surface area contributed by atoms with Crippen LogP contribution in [0, 0.1) is 0 Å². The summed E-state index contributed by atoms with van der Waals surface area (Å²) in [6.07, 6.45) is 2.43. The van der Waals surface area contributed by atoms with Gasteiger partial charge in [0.1, 0.15) is 0 Å². The quantitative estimate of drug-likeness (QED) is 0.723. The summed E-state index contributed by atoms with van der Waals surface area (Å²) < 4.78 is 0. The molecule has 16 heavy (non-hydrogen) atoms. The summed E-state index contributed by atoms with van der Waals surface area (Å²) in [6.45, 7) is 5.65. The lowest BCUT2D eigenvalue weighted by Crippen LogP contribution is -2.14. The minimum atomic E-state index is -0.0335. The lowest BCUT2D eigenvalue weighted by Gasteiger charge is -2.06. The molecule has 0 fully saturated rings. The van der Waals surface area contributed by atoms with Crippen LogP contribution in [0.4, 0.5) is 5.69 Å². The molecule has 0 aliphatic rings. The van der Waals surface area contributed by atoms with E-state index in [-0.39, 0.29) is 5.91 Å². The minimum absolute atomic E-state index is 0.0335. The van der Waals surface area contributed by atoms with E-state index in [4.69, 9.17) is 0 Å². The van der Waals surface area contributed by atoms with Crippen LogP contribution in [-0.2, 0) is 11.3 Å². The lowest BCUT2D eigenvalue weighted by molar-refractivity contribution is -0.114. The summed E-state index contributed by atoms with van der Waals surface area (Å²) in [5.74, 6) is -0.0335. The maximum Gasteiger partial charge on any atom is 0.221 e. The molecule has 0 spiro atoms. The molecule has 3 heteroatoms. The number of benzene rings is 1. The average molecular weight is 220 g/mol. The molecule has 0 bridgehead atoms. The Hall–Kier alpha value is -1.35. The normalized spacial score (nSPS) is 10.1. The molecule has 0 heterocycles. The van der Waals surface area contributed by atoms with Crippen LogP contribution in [0.1, 0.15) is 32.3 Å². The monoisotopic (exact) mass is 220 g/mol. The Morgan fingerprint density at radius 3 is 2.50 bits per heavy atom. The molecule has 3 nitrogen and oxygen atoms in total. The van der Waals surface area contributed by atoms with Crippen LogP contribution in [0.2, 0.25) is 0 Å². The molecule has 1 aromatic rings. The van der Waals surface area contributed by atoms with Crippen molar-refractivity contribution in [2.24, 2.45) is 0 Å². The van der Waals surface area contributed by atoms with Crippen molar-refractivity contribution in [1.29, 1.82) is 0 Å². The number of amides is 1. The zero-order chi connectivity index (χ0) is 11.8. The van der Waals surface area contributed by atoms with Crippen LogP contribution in [0.25, 0.3) is 0 Å². The Bertz CT molecular complexity index is 319. The number of rotatable bonds is 6. The van der Waals surface area contributed by atoms with Gasteiger partial charge in [-0.15, -0.1) is 0 Å². The zero-order valence-electron chi connectivity index (χ0n) is 10.0. The van der Waals surface area contributed by atoms with E-state index in [1.165, 1.54) is 25.3 Å². The van der Waals surface area contributed by atoms with E-state index in [0.717, 1.165) is 18.8 Å². The topological polar surface area (TPSA) is 41.1 Å². The van der Waals surface area contributed by atoms with Gasteiger partial charge in [-0.3, -0.25) is 4.79 Å². The van der Waals surface area contributed by atoms with Crippen molar-refractivity contribution in [2.45, 2.75) is 33.2 Å². The van der Waals surface area contributed by atoms with Crippen LogP contribution in [-0.4, -0.2) is 12.5 Å². The summed E-state index contributed by atoms with van der Waals surface area (Å²) >= 11 is 0. The van der Waals surface area contributed by atoms with Gasteiger partial charge in [-0.1, -0.05) is 25.5 Å². The second-order valence-corrected chi connectivity index (χ2v) is 3.91. The highest BCUT2D eigenvalue weighted by atomic mass is 16.1. The summed E-state index contributed by atoms with van der Waals surface area (Å²) in [5, 5.41) is 6.12. The predicted octanol–water partition coefficient (Wildman–Crippen LogP) is 2.53. The van der Waals surface area contributed by atoms with Crippen molar-refractivity contribution >= 4 is 11.6 Å². The molecule has 0 aliphatic heterocycles. The van der Waals surface area contributed by atoms with E-state index in [9.17, 15) is 4.79 Å². The molecule has 0 atom stereocenters. The predicted molar refractivity (Wildman–Crippen MR) is 67.4 cm³/mol. The molecular weight excluding hydrogens is 200 g/mol. The van der Waals surface area contributed by atoms with E-state index >= 15 is 0 Å². The Morgan fingerprint density at radius 1 is 1.25 bits per heavy atom. The fourth-order valence-corrected chi connectivity index (χ4v) is 1.44. The van der Waals surface area contributed by atoms with Gasteiger partial charge < -0.3 is 10.6 Å². The summed E-state index contributed by atoms with van der Waals surface area (Å²) in [4.78, 5) is 10.8. The molecular formula is C13H20N2O. The molecule has 0 aromatic heterocycles. The summed E-state index contributed by atoms with van der Waals surface area (Å²) in [5.41, 5.74) is 2.09. The van der Waals surface area contributed by atoms with Crippen molar-refractivity contribution in [3.63, 3.8) is 0 Å². The molecule has 0 unspecified atom stereocenters. The maximum atomic E-state index is 10.8. The van der Waals surface area contributed by atoms with E-state index in [1.807, 2.05) is 24.3 Å². The second-order valence-electron chi connectivity index (χ2n) is 3.91. The highest BCUT2D eigenvalue weighted by Crippen LogP contribution is 2.09. The maximum absolute atomic E-state index is 10.8. The first-order valence-corrected chi connectivity index (χ1v) is 5.79. The van der Waals surface area contributed by atoms with Gasteiger partial charge in [0.15, 0.2) is 0 Å². The number of hydrogen-bond donors (Lipinski definition) is 2. The van der Waals surface area contributed by atoms with Gasteiger partial charge >= 0.3 is 0 Å². The molecule has 88 valence electrons. The molecule has 0 aliphatic carbocycles. The van der Waals surface area contributed by atoms with E-state index in [0.29, 0.717) is 0 Å². The average Bonchev–Trinajstić information content (AvgIpc) is 2.26. The zero-order valence-corrected chi connectivity index (χ0v) is 10.0. The fourth-order valence-electron chi connectivity index (χ4n) is 1.44. The van der Waals surface area contributed by atoms with Gasteiger partial charge in [-0.05, 0) is 30.7 Å². The highest BCUT2D eigenvalue weighted by molar-refractivity contribution is 5.88. The third-order valence-electron chi connectivity index (χ3n) is 2.31.